The highest BCUT2D eigenvalue weighted by atomic mass is 35.5. The maximum atomic E-state index is 12.4. The fraction of sp³-hybridized carbons (Fsp3) is 0.692. The highest BCUT2D eigenvalue weighted by molar-refractivity contribution is 5.93. The molecule has 108 valence electrons. The molecule has 1 aliphatic heterocycles. The molecule has 2 heterocycles. The lowest BCUT2D eigenvalue weighted by Crippen LogP contribution is -2.33. The molecule has 1 aromatic rings. The number of hydrogen-bond acceptors (Lipinski definition) is 3. The van der Waals surface area contributed by atoms with Crippen LogP contribution in [0.5, 0.6) is 0 Å². The second-order valence-electron chi connectivity index (χ2n) is 5.22. The molecule has 0 aliphatic carbocycles. The number of carbonyl (C=O) groups excluding carboxylic acids is 1. The van der Waals surface area contributed by atoms with Crippen LogP contribution in [0.4, 0.5) is 0 Å². The maximum absolute atomic E-state index is 12.4. The molecule has 0 saturated carbocycles. The van der Waals surface area contributed by atoms with E-state index >= 15 is 0 Å². The number of hydrogen-bond donors (Lipinski definition) is 1. The van der Waals surface area contributed by atoms with Crippen molar-refractivity contribution >= 4 is 18.3 Å². The van der Waals surface area contributed by atoms with Crippen LogP contribution in [0.2, 0.25) is 0 Å². The van der Waals surface area contributed by atoms with Gasteiger partial charge in [0.15, 0.2) is 0 Å². The number of aryl methyl sites for hydroxylation is 1. The summed E-state index contributed by atoms with van der Waals surface area (Å²) in [5, 5.41) is 4.48. The summed E-state index contributed by atoms with van der Waals surface area (Å²) in [7, 11) is 0. The van der Waals surface area contributed by atoms with Crippen molar-refractivity contribution in [3.63, 3.8) is 0 Å². The fourth-order valence-electron chi connectivity index (χ4n) is 2.27. The van der Waals surface area contributed by atoms with E-state index < -0.39 is 0 Å². The van der Waals surface area contributed by atoms with Gasteiger partial charge in [0, 0.05) is 25.7 Å². The molecule has 0 aromatic carbocycles. The molecule has 0 spiro atoms. The second kappa shape index (κ2) is 6.39. The summed E-state index contributed by atoms with van der Waals surface area (Å²) in [6.07, 6.45) is 0.892. The number of amides is 1. The molecule has 2 rings (SSSR count). The summed E-state index contributed by atoms with van der Waals surface area (Å²) >= 11 is 0. The van der Waals surface area contributed by atoms with Crippen LogP contribution in [-0.2, 0) is 6.54 Å². The van der Waals surface area contributed by atoms with Crippen LogP contribution >= 0.6 is 12.4 Å². The van der Waals surface area contributed by atoms with E-state index in [0.29, 0.717) is 24.7 Å². The van der Waals surface area contributed by atoms with Crippen LogP contribution in [0.25, 0.3) is 0 Å². The van der Waals surface area contributed by atoms with Gasteiger partial charge in [0.1, 0.15) is 5.69 Å². The average molecular weight is 287 g/mol. The summed E-state index contributed by atoms with van der Waals surface area (Å²) < 4.78 is 1.79. The quantitative estimate of drug-likeness (QED) is 0.918. The van der Waals surface area contributed by atoms with Gasteiger partial charge in [-0.05, 0) is 25.3 Å². The van der Waals surface area contributed by atoms with E-state index in [9.17, 15) is 4.79 Å². The van der Waals surface area contributed by atoms with Crippen LogP contribution in [0, 0.1) is 0 Å². The summed E-state index contributed by atoms with van der Waals surface area (Å²) in [5.41, 5.74) is 7.51. The second-order valence-corrected chi connectivity index (χ2v) is 5.22. The van der Waals surface area contributed by atoms with Crippen molar-refractivity contribution in [2.24, 2.45) is 5.73 Å². The molecule has 2 N–H and O–H groups in total. The van der Waals surface area contributed by atoms with Gasteiger partial charge in [0.2, 0.25) is 0 Å². The number of likely N-dealkylation sites (tertiary alicyclic amines) is 1. The van der Waals surface area contributed by atoms with Crippen molar-refractivity contribution in [1.82, 2.24) is 14.7 Å². The minimum Gasteiger partial charge on any atom is -0.336 e. The normalized spacial score (nSPS) is 18.8. The first-order chi connectivity index (χ1) is 8.52. The number of carbonyl (C=O) groups is 1. The molecule has 0 bridgehead atoms. The third kappa shape index (κ3) is 3.28. The number of nitrogens with zero attached hydrogens (tertiary/aromatic N) is 3. The van der Waals surface area contributed by atoms with E-state index in [0.717, 1.165) is 18.7 Å². The topological polar surface area (TPSA) is 64.2 Å². The lowest BCUT2D eigenvalue weighted by atomic mass is 10.1. The van der Waals surface area contributed by atoms with Gasteiger partial charge < -0.3 is 10.6 Å². The van der Waals surface area contributed by atoms with Crippen LogP contribution in [0.15, 0.2) is 6.07 Å². The van der Waals surface area contributed by atoms with Gasteiger partial charge in [0.25, 0.3) is 5.91 Å². The van der Waals surface area contributed by atoms with Crippen molar-refractivity contribution < 1.29 is 4.79 Å². The first-order valence-electron chi connectivity index (χ1n) is 6.65. The Hall–Kier alpha value is -1.07. The van der Waals surface area contributed by atoms with Gasteiger partial charge >= 0.3 is 0 Å². The Labute approximate surface area is 120 Å². The Bertz CT molecular complexity index is 444. The molecular formula is C13H23ClN4O. The predicted molar refractivity (Wildman–Crippen MR) is 77.7 cm³/mol. The Balaban J connectivity index is 0.00000180. The van der Waals surface area contributed by atoms with E-state index in [1.54, 1.807) is 4.68 Å². The Morgan fingerprint density at radius 2 is 2.26 bits per heavy atom. The Morgan fingerprint density at radius 3 is 2.74 bits per heavy atom. The standard InChI is InChI=1S/C13H22N4O.ClH/c1-4-17-12(7-11(15-17)9(2)3)13(18)16-6-5-10(14)8-16;/h7,9-10H,4-6,8,14H2,1-3H3;1H. The summed E-state index contributed by atoms with van der Waals surface area (Å²) in [5.74, 6) is 0.398. The number of nitrogens with two attached hydrogens (primary N) is 1. The zero-order chi connectivity index (χ0) is 13.3. The van der Waals surface area contributed by atoms with Crippen molar-refractivity contribution in [1.29, 1.82) is 0 Å². The molecule has 19 heavy (non-hydrogen) atoms. The monoisotopic (exact) mass is 286 g/mol. The average Bonchev–Trinajstić information content (AvgIpc) is 2.93. The van der Waals surface area contributed by atoms with Crippen molar-refractivity contribution in [2.45, 2.75) is 45.7 Å². The van der Waals surface area contributed by atoms with E-state index in [2.05, 4.69) is 18.9 Å². The maximum Gasteiger partial charge on any atom is 0.272 e. The van der Waals surface area contributed by atoms with E-state index in [-0.39, 0.29) is 24.4 Å². The minimum absolute atomic E-state index is 0. The molecule has 0 radical (unpaired) electrons. The lowest BCUT2D eigenvalue weighted by molar-refractivity contribution is 0.0778. The van der Waals surface area contributed by atoms with Crippen LogP contribution in [0.1, 0.15) is 49.3 Å². The van der Waals surface area contributed by atoms with Crippen LogP contribution < -0.4 is 5.73 Å². The molecule has 1 fully saturated rings. The van der Waals surface area contributed by atoms with Gasteiger partial charge in [-0.25, -0.2) is 0 Å². The Morgan fingerprint density at radius 1 is 1.58 bits per heavy atom. The molecule has 1 aliphatic rings. The third-order valence-electron chi connectivity index (χ3n) is 3.42. The molecule has 1 amide bonds. The highest BCUT2D eigenvalue weighted by Gasteiger charge is 2.27. The molecule has 1 saturated heterocycles. The van der Waals surface area contributed by atoms with Crippen LogP contribution in [0.3, 0.4) is 0 Å². The van der Waals surface area contributed by atoms with E-state index in [4.69, 9.17) is 5.73 Å². The number of aromatic nitrogens is 2. The molecule has 1 atom stereocenters. The van der Waals surface area contributed by atoms with E-state index in [1.165, 1.54) is 0 Å². The molecular weight excluding hydrogens is 264 g/mol. The van der Waals surface area contributed by atoms with Gasteiger partial charge in [-0.2, -0.15) is 5.10 Å². The van der Waals surface area contributed by atoms with Gasteiger partial charge in [0.05, 0.1) is 5.69 Å². The molecule has 1 aromatic heterocycles. The third-order valence-corrected chi connectivity index (χ3v) is 3.42. The van der Waals surface area contributed by atoms with Gasteiger partial charge in [-0.3, -0.25) is 9.48 Å². The molecule has 6 heteroatoms. The first kappa shape index (κ1) is 16.0. The molecule has 1 unspecified atom stereocenters. The number of rotatable bonds is 3. The summed E-state index contributed by atoms with van der Waals surface area (Å²) in [6.45, 7) is 8.30. The smallest absolute Gasteiger partial charge is 0.272 e. The van der Waals surface area contributed by atoms with Crippen molar-refractivity contribution in [2.75, 3.05) is 13.1 Å². The molecule has 5 nitrogen and oxygen atoms in total. The van der Waals surface area contributed by atoms with Crippen molar-refractivity contribution in [3.05, 3.63) is 17.5 Å². The Kier molecular flexibility index (Phi) is 5.38. The summed E-state index contributed by atoms with van der Waals surface area (Å²) in [6, 6.07) is 2.04. The van der Waals surface area contributed by atoms with Gasteiger partial charge in [-0.1, -0.05) is 13.8 Å². The number of halogens is 1. The SMILES string of the molecule is CCn1nc(C(C)C)cc1C(=O)N1CCC(N)C1.Cl. The van der Waals surface area contributed by atoms with Gasteiger partial charge in [-0.15, -0.1) is 12.4 Å². The zero-order valence-corrected chi connectivity index (χ0v) is 12.6. The lowest BCUT2D eigenvalue weighted by Gasteiger charge is -2.15. The van der Waals surface area contributed by atoms with E-state index in [1.807, 2.05) is 17.9 Å². The minimum atomic E-state index is 0. The highest BCUT2D eigenvalue weighted by Crippen LogP contribution is 2.18. The van der Waals surface area contributed by atoms with Crippen LogP contribution in [-0.4, -0.2) is 39.7 Å². The zero-order valence-electron chi connectivity index (χ0n) is 11.8. The largest absolute Gasteiger partial charge is 0.336 e. The first-order valence-corrected chi connectivity index (χ1v) is 6.65. The fourth-order valence-corrected chi connectivity index (χ4v) is 2.27. The summed E-state index contributed by atoms with van der Waals surface area (Å²) in [4.78, 5) is 14.2. The van der Waals surface area contributed by atoms with Crippen molar-refractivity contribution in [3.8, 4) is 0 Å². The predicted octanol–water partition coefficient (Wildman–Crippen LogP) is 1.62.